The van der Waals surface area contributed by atoms with E-state index in [2.05, 4.69) is 50.2 Å². The van der Waals surface area contributed by atoms with E-state index >= 15 is 0 Å². The lowest BCUT2D eigenvalue weighted by molar-refractivity contribution is 0.151. The molecule has 20 heavy (non-hydrogen) atoms. The average Bonchev–Trinajstić information content (AvgIpc) is 2.53. The first-order chi connectivity index (χ1) is 9.72. The van der Waals surface area contributed by atoms with Crippen LogP contribution in [0.25, 0.3) is 0 Å². The predicted molar refractivity (Wildman–Crippen MR) is 84.9 cm³/mol. The van der Waals surface area contributed by atoms with Crippen molar-refractivity contribution in [2.75, 3.05) is 0 Å². The maximum atomic E-state index is 10.5. The number of aryl methyl sites for hydroxylation is 1. The van der Waals surface area contributed by atoms with E-state index in [1.54, 1.807) is 0 Å². The average molecular weight is 268 g/mol. The van der Waals surface area contributed by atoms with E-state index in [9.17, 15) is 5.11 Å². The molecule has 0 aliphatic rings. The van der Waals surface area contributed by atoms with Crippen LogP contribution in [0.5, 0.6) is 0 Å². The molecule has 2 unspecified atom stereocenters. The van der Waals surface area contributed by atoms with Crippen LogP contribution in [0, 0.1) is 0 Å². The van der Waals surface area contributed by atoms with Gasteiger partial charge in [-0.1, -0.05) is 74.9 Å². The zero-order valence-corrected chi connectivity index (χ0v) is 12.4. The third kappa shape index (κ3) is 3.71. The van der Waals surface area contributed by atoms with Crippen molar-refractivity contribution in [1.82, 2.24) is 0 Å². The first-order valence-electron chi connectivity index (χ1n) is 7.54. The van der Waals surface area contributed by atoms with E-state index in [1.165, 1.54) is 24.0 Å². The molecule has 0 saturated carbocycles. The quantitative estimate of drug-likeness (QED) is 0.792. The van der Waals surface area contributed by atoms with Gasteiger partial charge in [0.1, 0.15) is 0 Å². The highest BCUT2D eigenvalue weighted by Gasteiger charge is 2.17. The molecule has 0 radical (unpaired) electrons. The molecule has 1 nitrogen and oxygen atoms in total. The van der Waals surface area contributed by atoms with Crippen LogP contribution in [0.15, 0.2) is 54.6 Å². The van der Waals surface area contributed by atoms with Gasteiger partial charge >= 0.3 is 0 Å². The minimum Gasteiger partial charge on any atom is -0.388 e. The number of hydrogen-bond donors (Lipinski definition) is 1. The lowest BCUT2D eigenvalue weighted by Gasteiger charge is -2.20. The van der Waals surface area contributed by atoms with Gasteiger partial charge in [0.25, 0.3) is 0 Å². The van der Waals surface area contributed by atoms with Gasteiger partial charge in [-0.05, 0) is 29.5 Å². The van der Waals surface area contributed by atoms with Crippen molar-refractivity contribution in [3.8, 4) is 0 Å². The lowest BCUT2D eigenvalue weighted by atomic mass is 9.90. The fourth-order valence-electron chi connectivity index (χ4n) is 2.49. The molecule has 2 rings (SSSR count). The number of benzene rings is 2. The van der Waals surface area contributed by atoms with Crippen molar-refractivity contribution in [3.05, 3.63) is 71.3 Å². The standard InChI is InChI=1S/C19H24O/c1-3-4-8-16-11-13-18(14-12-16)19(20)15(2)17-9-6-5-7-10-17/h5-7,9-15,19-20H,3-4,8H2,1-2H3. The SMILES string of the molecule is CCCCc1ccc(C(O)C(C)c2ccccc2)cc1. The molecule has 0 spiro atoms. The van der Waals surface area contributed by atoms with Crippen LogP contribution in [0.1, 0.15) is 55.4 Å². The second kappa shape index (κ2) is 7.25. The molecule has 1 N–H and O–H groups in total. The Labute approximate surface area is 122 Å². The Hall–Kier alpha value is -1.60. The van der Waals surface area contributed by atoms with Crippen LogP contribution in [-0.2, 0) is 6.42 Å². The van der Waals surface area contributed by atoms with Crippen LogP contribution in [0.3, 0.4) is 0 Å². The highest BCUT2D eigenvalue weighted by Crippen LogP contribution is 2.30. The van der Waals surface area contributed by atoms with Gasteiger partial charge in [-0.15, -0.1) is 0 Å². The first-order valence-corrected chi connectivity index (χ1v) is 7.54. The fourth-order valence-corrected chi connectivity index (χ4v) is 2.49. The number of aliphatic hydroxyl groups excluding tert-OH is 1. The summed E-state index contributed by atoms with van der Waals surface area (Å²) in [6.07, 6.45) is 3.12. The van der Waals surface area contributed by atoms with Crippen molar-refractivity contribution < 1.29 is 5.11 Å². The third-order valence-electron chi connectivity index (χ3n) is 3.94. The molecule has 0 saturated heterocycles. The van der Waals surface area contributed by atoms with E-state index < -0.39 is 6.10 Å². The van der Waals surface area contributed by atoms with Crippen molar-refractivity contribution in [2.45, 2.75) is 45.1 Å². The van der Waals surface area contributed by atoms with Crippen molar-refractivity contribution >= 4 is 0 Å². The van der Waals surface area contributed by atoms with Crippen LogP contribution < -0.4 is 0 Å². The Morgan fingerprint density at radius 3 is 2.15 bits per heavy atom. The summed E-state index contributed by atoms with van der Waals surface area (Å²) in [4.78, 5) is 0. The molecule has 2 aromatic carbocycles. The second-order valence-electron chi connectivity index (χ2n) is 5.49. The normalized spacial score (nSPS) is 13.9. The molecule has 1 heteroatoms. The zero-order valence-electron chi connectivity index (χ0n) is 12.4. The molecule has 0 aliphatic heterocycles. The maximum Gasteiger partial charge on any atom is 0.0855 e. The summed E-state index contributed by atoms with van der Waals surface area (Å²) in [7, 11) is 0. The van der Waals surface area contributed by atoms with E-state index in [-0.39, 0.29) is 5.92 Å². The van der Waals surface area contributed by atoms with E-state index in [0.717, 1.165) is 12.0 Å². The minimum absolute atomic E-state index is 0.109. The summed E-state index contributed by atoms with van der Waals surface area (Å²) in [5.41, 5.74) is 3.53. The number of hydrogen-bond acceptors (Lipinski definition) is 1. The molecule has 2 aromatic rings. The van der Waals surface area contributed by atoms with Gasteiger partial charge < -0.3 is 5.11 Å². The Morgan fingerprint density at radius 1 is 0.900 bits per heavy atom. The number of aliphatic hydroxyl groups is 1. The predicted octanol–water partition coefficient (Wildman–Crippen LogP) is 4.87. The molecule has 106 valence electrons. The van der Waals surface area contributed by atoms with E-state index in [1.807, 2.05) is 18.2 Å². The fraction of sp³-hybridized carbons (Fsp3) is 0.368. The van der Waals surface area contributed by atoms with E-state index in [4.69, 9.17) is 0 Å². The molecule has 0 aliphatic carbocycles. The second-order valence-corrected chi connectivity index (χ2v) is 5.49. The number of unbranched alkanes of at least 4 members (excludes halogenated alkanes) is 1. The summed E-state index contributed by atoms with van der Waals surface area (Å²) < 4.78 is 0. The summed E-state index contributed by atoms with van der Waals surface area (Å²) >= 11 is 0. The van der Waals surface area contributed by atoms with Gasteiger partial charge in [-0.3, -0.25) is 0 Å². The molecule has 0 fully saturated rings. The molecular formula is C19H24O. The monoisotopic (exact) mass is 268 g/mol. The molecule has 0 aromatic heterocycles. The van der Waals surface area contributed by atoms with Gasteiger partial charge in [0.05, 0.1) is 6.10 Å². The summed E-state index contributed by atoms with van der Waals surface area (Å²) in [5, 5.41) is 10.5. The van der Waals surface area contributed by atoms with E-state index in [0.29, 0.717) is 0 Å². The van der Waals surface area contributed by atoms with Gasteiger partial charge in [-0.25, -0.2) is 0 Å². The summed E-state index contributed by atoms with van der Waals surface area (Å²) in [5.74, 6) is 0.109. The Bertz CT molecular complexity index is 501. The van der Waals surface area contributed by atoms with Crippen molar-refractivity contribution in [2.24, 2.45) is 0 Å². The van der Waals surface area contributed by atoms with Crippen LogP contribution in [0.4, 0.5) is 0 Å². The molecule has 0 amide bonds. The minimum atomic E-state index is -0.447. The zero-order chi connectivity index (χ0) is 14.4. The number of rotatable bonds is 6. The topological polar surface area (TPSA) is 20.2 Å². The van der Waals surface area contributed by atoms with Gasteiger partial charge in [0, 0.05) is 5.92 Å². The Morgan fingerprint density at radius 2 is 1.55 bits per heavy atom. The van der Waals surface area contributed by atoms with Crippen molar-refractivity contribution in [3.63, 3.8) is 0 Å². The molecule has 0 heterocycles. The van der Waals surface area contributed by atoms with Gasteiger partial charge in [0.15, 0.2) is 0 Å². The largest absolute Gasteiger partial charge is 0.388 e. The Balaban J connectivity index is 2.07. The molecular weight excluding hydrogens is 244 g/mol. The lowest BCUT2D eigenvalue weighted by Crippen LogP contribution is -2.07. The van der Waals surface area contributed by atoms with Crippen LogP contribution in [-0.4, -0.2) is 5.11 Å². The molecule has 2 atom stereocenters. The van der Waals surface area contributed by atoms with Crippen LogP contribution in [0.2, 0.25) is 0 Å². The first kappa shape index (κ1) is 14.8. The smallest absolute Gasteiger partial charge is 0.0855 e. The maximum absolute atomic E-state index is 10.5. The summed E-state index contributed by atoms with van der Waals surface area (Å²) in [6, 6.07) is 18.6. The highest BCUT2D eigenvalue weighted by molar-refractivity contribution is 5.28. The van der Waals surface area contributed by atoms with Crippen molar-refractivity contribution in [1.29, 1.82) is 0 Å². The third-order valence-corrected chi connectivity index (χ3v) is 3.94. The molecule has 0 bridgehead atoms. The van der Waals surface area contributed by atoms with Gasteiger partial charge in [-0.2, -0.15) is 0 Å². The highest BCUT2D eigenvalue weighted by atomic mass is 16.3. The summed E-state index contributed by atoms with van der Waals surface area (Å²) in [6.45, 7) is 4.28. The van der Waals surface area contributed by atoms with Gasteiger partial charge in [0.2, 0.25) is 0 Å². The van der Waals surface area contributed by atoms with Crippen LogP contribution >= 0.6 is 0 Å². The Kier molecular flexibility index (Phi) is 5.37.